The van der Waals surface area contributed by atoms with Gasteiger partial charge >= 0.3 is 0 Å². The minimum atomic E-state index is 0.671. The van der Waals surface area contributed by atoms with Crippen LogP contribution in [0.2, 0.25) is 5.02 Å². The summed E-state index contributed by atoms with van der Waals surface area (Å²) in [5.41, 5.74) is 2.89. The van der Waals surface area contributed by atoms with Gasteiger partial charge in [-0.1, -0.05) is 28.9 Å². The van der Waals surface area contributed by atoms with Gasteiger partial charge in [-0.15, -0.1) is 0 Å². The fourth-order valence-electron chi connectivity index (χ4n) is 1.71. The van der Waals surface area contributed by atoms with Crippen molar-refractivity contribution < 1.29 is 4.84 Å². The van der Waals surface area contributed by atoms with E-state index in [0.717, 1.165) is 22.0 Å². The molecule has 0 saturated heterocycles. The van der Waals surface area contributed by atoms with Crippen LogP contribution in [0.4, 0.5) is 0 Å². The predicted octanol–water partition coefficient (Wildman–Crippen LogP) is 2.67. The Morgan fingerprint density at radius 3 is 2.67 bits per heavy atom. The number of rotatable bonds is 4. The second-order valence-corrected chi connectivity index (χ2v) is 4.35. The molecule has 5 heteroatoms. The standard InChI is InChI=1S/C13H14ClN3O/c1-17-9-15-8-13(17)12(16-18-2)7-10-3-5-11(14)6-4-10/h3-6,8-9H,7H2,1-2H3. The van der Waals surface area contributed by atoms with Crippen LogP contribution in [0.1, 0.15) is 11.3 Å². The molecule has 0 saturated carbocycles. The average molecular weight is 264 g/mol. The zero-order valence-electron chi connectivity index (χ0n) is 10.3. The van der Waals surface area contributed by atoms with E-state index in [1.54, 1.807) is 12.5 Å². The van der Waals surface area contributed by atoms with Crippen molar-refractivity contribution in [1.82, 2.24) is 9.55 Å². The summed E-state index contributed by atoms with van der Waals surface area (Å²) in [7, 11) is 3.47. The summed E-state index contributed by atoms with van der Waals surface area (Å²) in [6, 6.07) is 7.68. The van der Waals surface area contributed by atoms with Crippen molar-refractivity contribution in [3.05, 3.63) is 53.1 Å². The second kappa shape index (κ2) is 5.69. The number of hydrogen-bond acceptors (Lipinski definition) is 3. The molecule has 0 bridgehead atoms. The number of aromatic nitrogens is 2. The Bertz CT molecular complexity index is 546. The summed E-state index contributed by atoms with van der Waals surface area (Å²) >= 11 is 5.87. The largest absolute Gasteiger partial charge is 0.399 e. The lowest BCUT2D eigenvalue weighted by molar-refractivity contribution is 0.213. The summed E-state index contributed by atoms with van der Waals surface area (Å²) in [6.45, 7) is 0. The Balaban J connectivity index is 2.25. The van der Waals surface area contributed by atoms with E-state index < -0.39 is 0 Å². The molecule has 4 nitrogen and oxygen atoms in total. The maximum Gasteiger partial charge on any atom is 0.109 e. The number of aryl methyl sites for hydroxylation is 1. The maximum absolute atomic E-state index is 5.87. The first-order valence-electron chi connectivity index (χ1n) is 5.52. The van der Waals surface area contributed by atoms with Crippen LogP contribution in [0.25, 0.3) is 0 Å². The molecule has 0 amide bonds. The van der Waals surface area contributed by atoms with Gasteiger partial charge in [0.1, 0.15) is 12.8 Å². The van der Waals surface area contributed by atoms with E-state index in [9.17, 15) is 0 Å². The molecule has 0 aliphatic carbocycles. The average Bonchev–Trinajstić information content (AvgIpc) is 2.78. The molecule has 1 heterocycles. The van der Waals surface area contributed by atoms with E-state index in [2.05, 4.69) is 10.1 Å². The predicted molar refractivity (Wildman–Crippen MR) is 71.9 cm³/mol. The highest BCUT2D eigenvalue weighted by Gasteiger charge is 2.10. The molecule has 1 aromatic carbocycles. The number of imidazole rings is 1. The highest BCUT2D eigenvalue weighted by molar-refractivity contribution is 6.30. The van der Waals surface area contributed by atoms with E-state index in [1.165, 1.54) is 7.11 Å². The van der Waals surface area contributed by atoms with Gasteiger partial charge in [-0.3, -0.25) is 0 Å². The molecule has 1 aromatic heterocycles. The third kappa shape index (κ3) is 2.90. The molecule has 2 rings (SSSR count). The Morgan fingerprint density at radius 1 is 1.39 bits per heavy atom. The summed E-state index contributed by atoms with van der Waals surface area (Å²) in [4.78, 5) is 8.99. The van der Waals surface area contributed by atoms with Gasteiger partial charge in [-0.25, -0.2) is 4.98 Å². The third-order valence-corrected chi connectivity index (χ3v) is 2.85. The van der Waals surface area contributed by atoms with Gasteiger partial charge in [0.05, 0.1) is 18.2 Å². The van der Waals surface area contributed by atoms with Gasteiger partial charge in [0.15, 0.2) is 0 Å². The van der Waals surface area contributed by atoms with Crippen molar-refractivity contribution in [3.63, 3.8) is 0 Å². The van der Waals surface area contributed by atoms with Crippen LogP contribution in [-0.2, 0) is 18.3 Å². The Kier molecular flexibility index (Phi) is 3.99. The van der Waals surface area contributed by atoms with Crippen LogP contribution in [0.5, 0.6) is 0 Å². The topological polar surface area (TPSA) is 39.4 Å². The molecule has 0 atom stereocenters. The molecular formula is C13H14ClN3O. The van der Waals surface area contributed by atoms with Crippen LogP contribution in [0.15, 0.2) is 41.9 Å². The molecule has 94 valence electrons. The van der Waals surface area contributed by atoms with E-state index >= 15 is 0 Å². The lowest BCUT2D eigenvalue weighted by atomic mass is 10.1. The van der Waals surface area contributed by atoms with Crippen molar-refractivity contribution in [2.75, 3.05) is 7.11 Å². The van der Waals surface area contributed by atoms with Gasteiger partial charge in [-0.2, -0.15) is 0 Å². The molecule has 0 spiro atoms. The van der Waals surface area contributed by atoms with E-state index in [-0.39, 0.29) is 0 Å². The van der Waals surface area contributed by atoms with Gasteiger partial charge in [0.2, 0.25) is 0 Å². The molecule has 18 heavy (non-hydrogen) atoms. The van der Waals surface area contributed by atoms with Crippen LogP contribution in [-0.4, -0.2) is 22.4 Å². The Labute approximate surface area is 111 Å². The van der Waals surface area contributed by atoms with Crippen molar-refractivity contribution >= 4 is 17.3 Å². The molecule has 0 aliphatic heterocycles. The van der Waals surface area contributed by atoms with Crippen molar-refractivity contribution in [1.29, 1.82) is 0 Å². The zero-order valence-corrected chi connectivity index (χ0v) is 11.1. The van der Waals surface area contributed by atoms with E-state index in [4.69, 9.17) is 16.4 Å². The zero-order chi connectivity index (χ0) is 13.0. The first-order chi connectivity index (χ1) is 8.70. The van der Waals surface area contributed by atoms with Crippen molar-refractivity contribution in [3.8, 4) is 0 Å². The lowest BCUT2D eigenvalue weighted by Crippen LogP contribution is -2.10. The quantitative estimate of drug-likeness (QED) is 0.628. The summed E-state index contributed by atoms with van der Waals surface area (Å²) in [5.74, 6) is 0. The molecule has 0 N–H and O–H groups in total. The van der Waals surface area contributed by atoms with Crippen LogP contribution in [0, 0.1) is 0 Å². The molecule has 2 aromatic rings. The third-order valence-electron chi connectivity index (χ3n) is 2.60. The summed E-state index contributed by atoms with van der Waals surface area (Å²) in [5, 5.41) is 4.79. The second-order valence-electron chi connectivity index (χ2n) is 3.91. The summed E-state index contributed by atoms with van der Waals surface area (Å²) in [6.07, 6.45) is 4.18. The lowest BCUT2D eigenvalue weighted by Gasteiger charge is -2.06. The Hall–Kier alpha value is -1.81. The number of benzene rings is 1. The fraction of sp³-hybridized carbons (Fsp3) is 0.231. The minimum Gasteiger partial charge on any atom is -0.399 e. The molecular weight excluding hydrogens is 250 g/mol. The van der Waals surface area contributed by atoms with E-state index in [0.29, 0.717) is 6.42 Å². The Morgan fingerprint density at radius 2 is 2.11 bits per heavy atom. The maximum atomic E-state index is 5.87. The van der Waals surface area contributed by atoms with Gasteiger partial charge in [0.25, 0.3) is 0 Å². The van der Waals surface area contributed by atoms with Crippen molar-refractivity contribution in [2.45, 2.75) is 6.42 Å². The number of oxime groups is 1. The molecule has 0 radical (unpaired) electrons. The SMILES string of the molecule is CON=C(Cc1ccc(Cl)cc1)c1cncn1C. The van der Waals surface area contributed by atoms with E-state index in [1.807, 2.05) is 35.9 Å². The van der Waals surface area contributed by atoms with Crippen LogP contribution >= 0.6 is 11.6 Å². The fourth-order valence-corrected chi connectivity index (χ4v) is 1.84. The van der Waals surface area contributed by atoms with Gasteiger partial charge in [-0.05, 0) is 17.7 Å². The highest BCUT2D eigenvalue weighted by Crippen LogP contribution is 2.12. The first kappa shape index (κ1) is 12.6. The smallest absolute Gasteiger partial charge is 0.109 e. The monoisotopic (exact) mass is 263 g/mol. The highest BCUT2D eigenvalue weighted by atomic mass is 35.5. The van der Waals surface area contributed by atoms with Gasteiger partial charge < -0.3 is 9.40 Å². The number of hydrogen-bond donors (Lipinski definition) is 0. The van der Waals surface area contributed by atoms with Crippen LogP contribution < -0.4 is 0 Å². The minimum absolute atomic E-state index is 0.671. The van der Waals surface area contributed by atoms with Gasteiger partial charge in [0, 0.05) is 18.5 Å². The first-order valence-corrected chi connectivity index (χ1v) is 5.89. The number of halogens is 1. The van der Waals surface area contributed by atoms with Crippen molar-refractivity contribution in [2.24, 2.45) is 12.2 Å². The number of nitrogens with zero attached hydrogens (tertiary/aromatic N) is 3. The van der Waals surface area contributed by atoms with Crippen LogP contribution in [0.3, 0.4) is 0 Å². The normalized spacial score (nSPS) is 11.6. The molecule has 0 unspecified atom stereocenters. The molecule has 0 aliphatic rings. The molecule has 0 fully saturated rings. The summed E-state index contributed by atoms with van der Waals surface area (Å²) < 4.78 is 1.91.